The monoisotopic (exact) mass is 390 g/mol. The van der Waals surface area contributed by atoms with Crippen LogP contribution >= 0.6 is 0 Å². The number of carbonyl (C=O) groups is 1. The smallest absolute Gasteiger partial charge is 0.248 e. The number of para-hydroxylation sites is 1. The quantitative estimate of drug-likeness (QED) is 0.746. The average Bonchev–Trinajstić information content (AvgIpc) is 2.58. The second-order valence-electron chi connectivity index (χ2n) is 6.50. The Morgan fingerprint density at radius 1 is 1.11 bits per heavy atom. The van der Waals surface area contributed by atoms with Crippen molar-refractivity contribution < 1.29 is 17.9 Å². The van der Waals surface area contributed by atoms with Gasteiger partial charge in [-0.15, -0.1) is 0 Å². The summed E-state index contributed by atoms with van der Waals surface area (Å²) in [6.45, 7) is 5.62. The fourth-order valence-corrected chi connectivity index (χ4v) is 3.99. The van der Waals surface area contributed by atoms with Crippen LogP contribution in [0.15, 0.2) is 54.6 Å². The van der Waals surface area contributed by atoms with Crippen LogP contribution in [0.4, 0.5) is 11.4 Å². The summed E-state index contributed by atoms with van der Waals surface area (Å²) in [6, 6.07) is 14.8. The van der Waals surface area contributed by atoms with Gasteiger partial charge in [0, 0.05) is 11.8 Å². The van der Waals surface area contributed by atoms with Crippen LogP contribution in [0.1, 0.15) is 27.2 Å². The number of amides is 1. The fraction of sp³-hybridized carbons (Fsp3) is 0.350. The first-order chi connectivity index (χ1) is 12.7. The molecule has 0 saturated heterocycles. The topological polar surface area (TPSA) is 75.7 Å². The fourth-order valence-electron chi connectivity index (χ4n) is 2.78. The zero-order valence-corrected chi connectivity index (χ0v) is 16.9. The Balaban J connectivity index is 2.28. The number of nitrogens with zero attached hydrogens (tertiary/aromatic N) is 1. The van der Waals surface area contributed by atoms with E-state index in [4.69, 9.17) is 4.74 Å². The summed E-state index contributed by atoms with van der Waals surface area (Å²) in [4.78, 5) is 12.9. The zero-order valence-electron chi connectivity index (χ0n) is 16.0. The van der Waals surface area contributed by atoms with E-state index in [-0.39, 0.29) is 6.10 Å². The van der Waals surface area contributed by atoms with E-state index in [1.54, 1.807) is 61.5 Å². The van der Waals surface area contributed by atoms with E-state index in [9.17, 15) is 13.2 Å². The number of rotatable bonds is 8. The van der Waals surface area contributed by atoms with Crippen molar-refractivity contribution in [3.05, 3.63) is 54.6 Å². The first kappa shape index (κ1) is 20.8. The predicted octanol–water partition coefficient (Wildman–Crippen LogP) is 3.66. The molecule has 0 radical (unpaired) electrons. The van der Waals surface area contributed by atoms with Crippen LogP contribution in [-0.4, -0.2) is 32.7 Å². The van der Waals surface area contributed by atoms with Crippen LogP contribution < -0.4 is 14.4 Å². The van der Waals surface area contributed by atoms with Crippen molar-refractivity contribution >= 4 is 27.3 Å². The number of hydrogen-bond acceptors (Lipinski definition) is 4. The van der Waals surface area contributed by atoms with Crippen LogP contribution in [0.2, 0.25) is 0 Å². The van der Waals surface area contributed by atoms with Gasteiger partial charge in [-0.05, 0) is 44.5 Å². The predicted molar refractivity (Wildman–Crippen MR) is 109 cm³/mol. The summed E-state index contributed by atoms with van der Waals surface area (Å²) in [7, 11) is -3.64. The molecule has 2 aromatic carbocycles. The summed E-state index contributed by atoms with van der Waals surface area (Å²) in [5.41, 5.74) is 1.01. The minimum atomic E-state index is -3.64. The molecule has 0 heterocycles. The van der Waals surface area contributed by atoms with E-state index >= 15 is 0 Å². The average molecular weight is 391 g/mol. The molecule has 27 heavy (non-hydrogen) atoms. The number of carbonyl (C=O) groups excluding carboxylic acids is 1. The highest BCUT2D eigenvalue weighted by molar-refractivity contribution is 7.92. The third-order valence-corrected chi connectivity index (χ3v) is 4.99. The van der Waals surface area contributed by atoms with E-state index in [0.29, 0.717) is 23.5 Å². The highest BCUT2D eigenvalue weighted by Crippen LogP contribution is 2.24. The van der Waals surface area contributed by atoms with Crippen molar-refractivity contribution in [1.29, 1.82) is 0 Å². The van der Waals surface area contributed by atoms with Crippen molar-refractivity contribution in [2.45, 2.75) is 39.3 Å². The van der Waals surface area contributed by atoms with Gasteiger partial charge in [-0.1, -0.05) is 31.2 Å². The van der Waals surface area contributed by atoms with E-state index in [1.165, 1.54) is 0 Å². The summed E-state index contributed by atoms with van der Waals surface area (Å²) in [5, 5.41) is 2.80. The summed E-state index contributed by atoms with van der Waals surface area (Å²) >= 11 is 0. The Hall–Kier alpha value is -2.54. The van der Waals surface area contributed by atoms with Gasteiger partial charge in [-0.3, -0.25) is 9.10 Å². The molecule has 146 valence electrons. The van der Waals surface area contributed by atoms with Crippen LogP contribution in [0, 0.1) is 0 Å². The molecule has 2 aromatic rings. The zero-order chi connectivity index (χ0) is 20.0. The molecule has 0 aliphatic carbocycles. The second kappa shape index (κ2) is 8.90. The molecule has 0 fully saturated rings. The maximum atomic E-state index is 12.9. The largest absolute Gasteiger partial charge is 0.491 e. The van der Waals surface area contributed by atoms with Gasteiger partial charge >= 0.3 is 0 Å². The van der Waals surface area contributed by atoms with Crippen molar-refractivity contribution in [2.24, 2.45) is 0 Å². The molecule has 0 aliphatic heterocycles. The molecule has 1 N–H and O–H groups in total. The standard InChI is InChI=1S/C20H26N2O4S/c1-5-19(22(27(4,24)25)17-11-7-6-8-12-17)20(23)21-16-10-9-13-18(14-16)26-15(2)3/h6-15,19H,5H2,1-4H3,(H,21,23). The third-order valence-electron chi connectivity index (χ3n) is 3.81. The van der Waals surface area contributed by atoms with Crippen LogP contribution in [-0.2, 0) is 14.8 Å². The minimum absolute atomic E-state index is 0.0122. The Labute approximate surface area is 161 Å². The summed E-state index contributed by atoms with van der Waals surface area (Å²) in [6.07, 6.45) is 1.45. The molecular formula is C20H26N2O4S. The third kappa shape index (κ3) is 5.72. The number of benzene rings is 2. The van der Waals surface area contributed by atoms with E-state index < -0.39 is 22.0 Å². The number of sulfonamides is 1. The summed E-state index contributed by atoms with van der Waals surface area (Å²) < 4.78 is 31.6. The number of ether oxygens (including phenoxy) is 1. The highest BCUT2D eigenvalue weighted by Gasteiger charge is 2.31. The van der Waals surface area contributed by atoms with Crippen molar-refractivity contribution in [3.63, 3.8) is 0 Å². The lowest BCUT2D eigenvalue weighted by Crippen LogP contribution is -2.46. The van der Waals surface area contributed by atoms with Gasteiger partial charge in [0.1, 0.15) is 11.8 Å². The van der Waals surface area contributed by atoms with Crippen molar-refractivity contribution in [1.82, 2.24) is 0 Å². The molecule has 0 bridgehead atoms. The molecule has 0 aromatic heterocycles. The Morgan fingerprint density at radius 2 is 1.78 bits per heavy atom. The summed E-state index contributed by atoms with van der Waals surface area (Å²) in [5.74, 6) is 0.243. The maximum Gasteiger partial charge on any atom is 0.248 e. The highest BCUT2D eigenvalue weighted by atomic mass is 32.2. The number of anilines is 2. The Bertz CT molecular complexity index is 867. The van der Waals surface area contributed by atoms with Gasteiger partial charge in [0.15, 0.2) is 0 Å². The van der Waals surface area contributed by atoms with Gasteiger partial charge in [0.05, 0.1) is 18.0 Å². The van der Waals surface area contributed by atoms with Gasteiger partial charge in [-0.2, -0.15) is 0 Å². The molecule has 7 heteroatoms. The van der Waals surface area contributed by atoms with Gasteiger partial charge in [0.2, 0.25) is 15.9 Å². The molecule has 0 spiro atoms. The lowest BCUT2D eigenvalue weighted by Gasteiger charge is -2.30. The molecule has 1 unspecified atom stereocenters. The number of hydrogen-bond donors (Lipinski definition) is 1. The van der Waals surface area contributed by atoms with Crippen LogP contribution in [0.3, 0.4) is 0 Å². The Morgan fingerprint density at radius 3 is 2.33 bits per heavy atom. The van der Waals surface area contributed by atoms with Crippen molar-refractivity contribution in [3.8, 4) is 5.75 Å². The van der Waals surface area contributed by atoms with Gasteiger partial charge < -0.3 is 10.1 Å². The minimum Gasteiger partial charge on any atom is -0.491 e. The molecule has 0 aliphatic rings. The molecular weight excluding hydrogens is 364 g/mol. The molecule has 1 amide bonds. The van der Waals surface area contributed by atoms with E-state index in [2.05, 4.69) is 5.32 Å². The van der Waals surface area contributed by atoms with Crippen LogP contribution in [0.25, 0.3) is 0 Å². The normalized spacial score (nSPS) is 12.5. The van der Waals surface area contributed by atoms with E-state index in [1.807, 2.05) is 13.8 Å². The number of nitrogens with one attached hydrogen (secondary N) is 1. The van der Waals surface area contributed by atoms with E-state index in [0.717, 1.165) is 10.6 Å². The van der Waals surface area contributed by atoms with Gasteiger partial charge in [0.25, 0.3) is 0 Å². The first-order valence-corrected chi connectivity index (χ1v) is 10.7. The SMILES string of the molecule is CCC(C(=O)Nc1cccc(OC(C)C)c1)N(c1ccccc1)S(C)(=O)=O. The maximum absolute atomic E-state index is 12.9. The first-order valence-electron chi connectivity index (χ1n) is 8.84. The van der Waals surface area contributed by atoms with Gasteiger partial charge in [-0.25, -0.2) is 8.42 Å². The van der Waals surface area contributed by atoms with Crippen LogP contribution in [0.5, 0.6) is 5.75 Å². The van der Waals surface area contributed by atoms with Crippen molar-refractivity contribution in [2.75, 3.05) is 15.9 Å². The second-order valence-corrected chi connectivity index (χ2v) is 8.36. The lowest BCUT2D eigenvalue weighted by atomic mass is 10.1. The molecule has 0 saturated carbocycles. The molecule has 1 atom stereocenters. The molecule has 2 rings (SSSR count). The molecule has 6 nitrogen and oxygen atoms in total. The Kier molecular flexibility index (Phi) is 6.85. The lowest BCUT2D eigenvalue weighted by molar-refractivity contribution is -0.117.